The Balaban J connectivity index is 1.36. The van der Waals surface area contributed by atoms with Crippen LogP contribution in [0.2, 0.25) is 0 Å². The third-order valence-electron chi connectivity index (χ3n) is 5.74. The summed E-state index contributed by atoms with van der Waals surface area (Å²) in [5, 5.41) is 11.3. The number of hydrogen-bond acceptors (Lipinski definition) is 5. The van der Waals surface area contributed by atoms with Gasteiger partial charge in [-0.15, -0.1) is 0 Å². The van der Waals surface area contributed by atoms with Crippen molar-refractivity contribution in [3.8, 4) is 0 Å². The van der Waals surface area contributed by atoms with E-state index in [1.807, 2.05) is 9.80 Å². The summed E-state index contributed by atoms with van der Waals surface area (Å²) in [5.41, 5.74) is 3.68. The van der Waals surface area contributed by atoms with Crippen LogP contribution in [-0.4, -0.2) is 69.8 Å². The van der Waals surface area contributed by atoms with Gasteiger partial charge < -0.3 is 14.6 Å². The van der Waals surface area contributed by atoms with E-state index >= 15 is 0 Å². The lowest BCUT2D eigenvalue weighted by Crippen LogP contribution is -2.42. The van der Waals surface area contributed by atoms with E-state index in [0.29, 0.717) is 38.3 Å². The quantitative estimate of drug-likeness (QED) is 0.866. The number of carbonyl (C=O) groups is 2. The van der Waals surface area contributed by atoms with Crippen molar-refractivity contribution in [2.45, 2.75) is 52.1 Å². The lowest BCUT2D eigenvalue weighted by molar-refractivity contribution is -0.141. The third kappa shape index (κ3) is 3.44. The molecule has 8 heteroatoms. The number of rotatable bonds is 3. The Morgan fingerprint density at radius 3 is 2.67 bits per heavy atom. The maximum Gasteiger partial charge on any atom is 0.274 e. The molecule has 2 aliphatic heterocycles. The molecule has 1 aromatic rings. The average Bonchev–Trinajstić information content (AvgIpc) is 3.34. The monoisotopic (exact) mass is 373 g/mol. The van der Waals surface area contributed by atoms with Gasteiger partial charge in [0.2, 0.25) is 6.10 Å². The molecule has 1 atom stereocenters. The zero-order valence-corrected chi connectivity index (χ0v) is 16.0. The molecule has 0 radical (unpaired) electrons. The fourth-order valence-electron chi connectivity index (χ4n) is 4.06. The van der Waals surface area contributed by atoms with Crippen LogP contribution < -0.4 is 0 Å². The summed E-state index contributed by atoms with van der Waals surface area (Å²) < 4.78 is 0. The first-order valence-electron chi connectivity index (χ1n) is 9.91. The largest absolute Gasteiger partial charge is 0.382 e. The number of H-pyrrole nitrogens is 1. The van der Waals surface area contributed by atoms with Gasteiger partial charge >= 0.3 is 0 Å². The van der Waals surface area contributed by atoms with Gasteiger partial charge in [0.05, 0.1) is 5.71 Å². The number of aromatic amines is 1. The smallest absolute Gasteiger partial charge is 0.274 e. The number of nitrogens with one attached hydrogen (secondary N) is 1. The normalized spacial score (nSPS) is 22.5. The van der Waals surface area contributed by atoms with Crippen LogP contribution in [0.1, 0.15) is 54.9 Å². The van der Waals surface area contributed by atoms with Crippen molar-refractivity contribution in [1.82, 2.24) is 20.0 Å². The van der Waals surface area contributed by atoms with Crippen LogP contribution in [0.3, 0.4) is 0 Å². The van der Waals surface area contributed by atoms with Gasteiger partial charge in [-0.3, -0.25) is 14.7 Å². The molecule has 0 bridgehead atoms. The number of nitrogens with zero attached hydrogens (tertiary/aromatic N) is 4. The number of hydrogen-bond donors (Lipinski definition) is 1. The molecule has 1 aromatic heterocycles. The molecule has 1 N–H and O–H groups in total. The third-order valence-corrected chi connectivity index (χ3v) is 5.74. The molecule has 1 aliphatic carbocycles. The Bertz CT molecular complexity index is 769. The molecule has 3 heterocycles. The zero-order valence-electron chi connectivity index (χ0n) is 16.0. The van der Waals surface area contributed by atoms with E-state index in [-0.39, 0.29) is 17.7 Å². The Morgan fingerprint density at radius 2 is 1.89 bits per heavy atom. The summed E-state index contributed by atoms with van der Waals surface area (Å²) in [6.45, 7) is 6.43. The Hall–Kier alpha value is -2.38. The van der Waals surface area contributed by atoms with E-state index < -0.39 is 6.10 Å². The van der Waals surface area contributed by atoms with Gasteiger partial charge in [-0.2, -0.15) is 5.10 Å². The Labute approximate surface area is 158 Å². The highest BCUT2D eigenvalue weighted by Crippen LogP contribution is 2.24. The maximum absolute atomic E-state index is 12.9. The number of oxime groups is 1. The van der Waals surface area contributed by atoms with Gasteiger partial charge in [-0.1, -0.05) is 19.0 Å². The molecule has 8 nitrogen and oxygen atoms in total. The van der Waals surface area contributed by atoms with Crippen molar-refractivity contribution in [1.29, 1.82) is 0 Å². The van der Waals surface area contributed by atoms with Gasteiger partial charge in [-0.05, 0) is 31.6 Å². The Kier molecular flexibility index (Phi) is 4.88. The van der Waals surface area contributed by atoms with Gasteiger partial charge in [0, 0.05) is 43.9 Å². The molecule has 0 aromatic carbocycles. The van der Waals surface area contributed by atoms with Gasteiger partial charge in [0.1, 0.15) is 0 Å². The van der Waals surface area contributed by atoms with E-state index in [0.717, 1.165) is 42.7 Å². The molecule has 0 spiro atoms. The van der Waals surface area contributed by atoms with Crippen molar-refractivity contribution in [3.05, 3.63) is 17.0 Å². The fourth-order valence-corrected chi connectivity index (χ4v) is 4.06. The van der Waals surface area contributed by atoms with E-state index in [1.165, 1.54) is 0 Å². The molecule has 1 saturated heterocycles. The summed E-state index contributed by atoms with van der Waals surface area (Å²) in [6.07, 6.45) is 3.78. The SMILES string of the molecule is CC(C)C1=NOC(C(=O)N2CCCN(C(=O)c3n[nH]c4c3CCC4)CC2)C1. The van der Waals surface area contributed by atoms with Crippen molar-refractivity contribution in [2.75, 3.05) is 26.2 Å². The lowest BCUT2D eigenvalue weighted by Gasteiger charge is -2.23. The van der Waals surface area contributed by atoms with Crippen LogP contribution in [0.15, 0.2) is 5.16 Å². The molecule has 2 amide bonds. The molecule has 0 saturated carbocycles. The number of fused-ring (bicyclic) bond motifs is 1. The number of aromatic nitrogens is 2. The summed E-state index contributed by atoms with van der Waals surface area (Å²) in [7, 11) is 0. The van der Waals surface area contributed by atoms with Crippen LogP contribution in [0, 0.1) is 5.92 Å². The minimum absolute atomic E-state index is 0.0220. The van der Waals surface area contributed by atoms with Crippen molar-refractivity contribution in [3.63, 3.8) is 0 Å². The second-order valence-electron chi connectivity index (χ2n) is 7.89. The maximum atomic E-state index is 12.9. The average molecular weight is 373 g/mol. The molecule has 1 unspecified atom stereocenters. The Morgan fingerprint density at radius 1 is 1.11 bits per heavy atom. The minimum Gasteiger partial charge on any atom is -0.382 e. The molecular formula is C19H27N5O3. The predicted octanol–water partition coefficient (Wildman–Crippen LogP) is 1.37. The summed E-state index contributed by atoms with van der Waals surface area (Å²) in [5.74, 6) is 0.242. The van der Waals surface area contributed by atoms with Crippen LogP contribution >= 0.6 is 0 Å². The first kappa shape index (κ1) is 18.0. The number of carbonyl (C=O) groups excluding carboxylic acids is 2. The van der Waals surface area contributed by atoms with Crippen LogP contribution in [0.4, 0.5) is 0 Å². The van der Waals surface area contributed by atoms with Crippen molar-refractivity contribution in [2.24, 2.45) is 11.1 Å². The van der Waals surface area contributed by atoms with Crippen molar-refractivity contribution >= 4 is 17.5 Å². The summed E-state index contributed by atoms with van der Waals surface area (Å²) in [6, 6.07) is 0. The number of aryl methyl sites for hydroxylation is 1. The van der Waals surface area contributed by atoms with Crippen LogP contribution in [0.5, 0.6) is 0 Å². The van der Waals surface area contributed by atoms with Crippen molar-refractivity contribution < 1.29 is 14.4 Å². The molecule has 1 fully saturated rings. The first-order chi connectivity index (χ1) is 13.0. The highest BCUT2D eigenvalue weighted by molar-refractivity contribution is 5.95. The highest BCUT2D eigenvalue weighted by atomic mass is 16.6. The van der Waals surface area contributed by atoms with E-state index in [9.17, 15) is 9.59 Å². The second kappa shape index (κ2) is 7.32. The molecule has 27 heavy (non-hydrogen) atoms. The first-order valence-corrected chi connectivity index (χ1v) is 9.91. The van der Waals surface area contributed by atoms with Crippen LogP contribution in [0.25, 0.3) is 0 Å². The molecule has 146 valence electrons. The minimum atomic E-state index is -0.515. The second-order valence-corrected chi connectivity index (χ2v) is 7.89. The topological polar surface area (TPSA) is 90.9 Å². The molecular weight excluding hydrogens is 346 g/mol. The predicted molar refractivity (Wildman–Crippen MR) is 99.5 cm³/mol. The van der Waals surface area contributed by atoms with E-state index in [1.54, 1.807) is 0 Å². The van der Waals surface area contributed by atoms with Gasteiger partial charge in [0.25, 0.3) is 11.8 Å². The zero-order chi connectivity index (χ0) is 19.0. The van der Waals surface area contributed by atoms with Gasteiger partial charge in [-0.25, -0.2) is 0 Å². The summed E-state index contributed by atoms with van der Waals surface area (Å²) >= 11 is 0. The van der Waals surface area contributed by atoms with E-state index in [4.69, 9.17) is 4.84 Å². The lowest BCUT2D eigenvalue weighted by atomic mass is 10.0. The highest BCUT2D eigenvalue weighted by Gasteiger charge is 2.34. The number of amides is 2. The fraction of sp³-hybridized carbons (Fsp3) is 0.684. The molecule has 4 rings (SSSR count). The summed E-state index contributed by atoms with van der Waals surface area (Å²) in [4.78, 5) is 34.7. The van der Waals surface area contributed by atoms with Crippen LogP contribution in [-0.2, 0) is 22.5 Å². The standard InChI is InChI=1S/C19H27N5O3/c1-12(2)15-11-16(27-22-15)18(25)23-7-4-8-24(10-9-23)19(26)17-13-5-3-6-14(13)20-21-17/h12,16H,3-11H2,1-2H3,(H,20,21). The van der Waals surface area contributed by atoms with E-state index in [2.05, 4.69) is 29.2 Å². The van der Waals surface area contributed by atoms with Gasteiger partial charge in [0.15, 0.2) is 5.69 Å². The molecule has 3 aliphatic rings.